The summed E-state index contributed by atoms with van der Waals surface area (Å²) < 4.78 is 5.58. The van der Waals surface area contributed by atoms with E-state index in [-0.39, 0.29) is 6.10 Å². The van der Waals surface area contributed by atoms with Crippen LogP contribution in [0.2, 0.25) is 0 Å². The number of rotatable bonds is 5. The van der Waals surface area contributed by atoms with E-state index in [9.17, 15) is 0 Å². The monoisotopic (exact) mass is 209 g/mol. The molecule has 0 spiro atoms. The lowest BCUT2D eigenvalue weighted by molar-refractivity contribution is 0.0534. The predicted octanol–water partition coefficient (Wildman–Crippen LogP) is 2.31. The lowest BCUT2D eigenvalue weighted by atomic mass is 10.2. The second kappa shape index (κ2) is 5.66. The van der Waals surface area contributed by atoms with Gasteiger partial charge in [0.25, 0.3) is 0 Å². The van der Waals surface area contributed by atoms with Crippen LogP contribution in [0.4, 0.5) is 5.82 Å². The number of aryl methyl sites for hydroxylation is 1. The largest absolute Gasteiger partial charge is 0.373 e. The van der Waals surface area contributed by atoms with E-state index in [1.54, 1.807) is 0 Å². The van der Waals surface area contributed by atoms with Crippen LogP contribution < -0.4 is 5.32 Å². The summed E-state index contributed by atoms with van der Waals surface area (Å²) in [7, 11) is 1.85. The number of hydrogen-bond acceptors (Lipinski definition) is 4. The quantitative estimate of drug-likeness (QED) is 0.808. The molecule has 0 saturated heterocycles. The van der Waals surface area contributed by atoms with Crippen molar-refractivity contribution in [1.29, 1.82) is 0 Å². The van der Waals surface area contributed by atoms with Crippen molar-refractivity contribution in [2.24, 2.45) is 0 Å². The number of hydrogen-bond donors (Lipinski definition) is 1. The third kappa shape index (κ3) is 3.16. The van der Waals surface area contributed by atoms with Gasteiger partial charge in [-0.25, -0.2) is 9.97 Å². The maximum Gasteiger partial charge on any atom is 0.159 e. The van der Waals surface area contributed by atoms with Gasteiger partial charge >= 0.3 is 0 Å². The Morgan fingerprint density at radius 1 is 1.40 bits per heavy atom. The van der Waals surface area contributed by atoms with Crippen LogP contribution in [-0.2, 0) is 4.74 Å². The number of ether oxygens (including phenoxy) is 1. The summed E-state index contributed by atoms with van der Waals surface area (Å²) in [6.07, 6.45) is 0.891. The summed E-state index contributed by atoms with van der Waals surface area (Å²) in [5.41, 5.74) is 0.961. The van der Waals surface area contributed by atoms with Gasteiger partial charge in [-0.1, -0.05) is 6.92 Å². The van der Waals surface area contributed by atoms with Gasteiger partial charge in [-0.15, -0.1) is 0 Å². The molecule has 0 aromatic carbocycles. The maximum atomic E-state index is 5.58. The van der Waals surface area contributed by atoms with E-state index >= 15 is 0 Å². The van der Waals surface area contributed by atoms with E-state index < -0.39 is 0 Å². The van der Waals surface area contributed by atoms with E-state index in [0.29, 0.717) is 6.61 Å². The first-order valence-corrected chi connectivity index (χ1v) is 5.36. The van der Waals surface area contributed by atoms with Gasteiger partial charge in [0.2, 0.25) is 0 Å². The fourth-order valence-electron chi connectivity index (χ4n) is 1.44. The fourth-order valence-corrected chi connectivity index (χ4v) is 1.44. The van der Waals surface area contributed by atoms with Crippen molar-refractivity contribution in [1.82, 2.24) is 9.97 Å². The normalized spacial score (nSPS) is 12.5. The van der Waals surface area contributed by atoms with Crippen LogP contribution in [0.25, 0.3) is 0 Å². The summed E-state index contributed by atoms with van der Waals surface area (Å²) in [4.78, 5) is 8.79. The number of anilines is 1. The van der Waals surface area contributed by atoms with Crippen molar-refractivity contribution in [2.75, 3.05) is 19.0 Å². The molecule has 84 valence electrons. The molecule has 1 heterocycles. The molecule has 0 amide bonds. The summed E-state index contributed by atoms with van der Waals surface area (Å²) in [6, 6.07) is 1.92. The van der Waals surface area contributed by atoms with E-state index in [1.165, 1.54) is 0 Å². The summed E-state index contributed by atoms with van der Waals surface area (Å²) >= 11 is 0. The van der Waals surface area contributed by atoms with Gasteiger partial charge in [-0.2, -0.15) is 0 Å². The van der Waals surface area contributed by atoms with Gasteiger partial charge in [-0.3, -0.25) is 0 Å². The maximum absolute atomic E-state index is 5.58. The first-order chi connectivity index (χ1) is 7.21. The topological polar surface area (TPSA) is 47.0 Å². The smallest absolute Gasteiger partial charge is 0.159 e. The Morgan fingerprint density at radius 3 is 2.67 bits per heavy atom. The number of nitrogens with zero attached hydrogens (tertiary/aromatic N) is 2. The predicted molar refractivity (Wildman–Crippen MR) is 61.0 cm³/mol. The molecule has 0 aliphatic rings. The second-order valence-electron chi connectivity index (χ2n) is 3.35. The third-order valence-electron chi connectivity index (χ3n) is 2.15. The standard InChI is InChI=1S/C11H19N3O/c1-5-9(15-6-2)11-13-8(3)7-10(12-4)14-11/h7,9H,5-6H2,1-4H3,(H,12,13,14). The Hall–Kier alpha value is -1.16. The highest BCUT2D eigenvalue weighted by Crippen LogP contribution is 2.19. The number of nitrogens with one attached hydrogen (secondary N) is 1. The second-order valence-corrected chi connectivity index (χ2v) is 3.35. The van der Waals surface area contributed by atoms with Gasteiger partial charge in [-0.05, 0) is 20.3 Å². The van der Waals surface area contributed by atoms with Crippen molar-refractivity contribution in [2.45, 2.75) is 33.3 Å². The van der Waals surface area contributed by atoms with Gasteiger partial charge in [0, 0.05) is 25.4 Å². The molecular formula is C11H19N3O. The lowest BCUT2D eigenvalue weighted by Gasteiger charge is -2.14. The Kier molecular flexibility index (Phi) is 4.49. The minimum atomic E-state index is 0.00185. The molecule has 0 aliphatic carbocycles. The van der Waals surface area contributed by atoms with Crippen molar-refractivity contribution in [3.8, 4) is 0 Å². The molecule has 0 bridgehead atoms. The summed E-state index contributed by atoms with van der Waals surface area (Å²) in [5.74, 6) is 1.61. The van der Waals surface area contributed by atoms with Crippen molar-refractivity contribution < 1.29 is 4.74 Å². The Balaban J connectivity index is 2.95. The first-order valence-electron chi connectivity index (χ1n) is 5.36. The van der Waals surface area contributed by atoms with Gasteiger partial charge < -0.3 is 10.1 Å². The molecule has 1 rings (SSSR count). The molecule has 0 aliphatic heterocycles. The van der Waals surface area contributed by atoms with Gasteiger partial charge in [0.15, 0.2) is 5.82 Å². The molecule has 1 atom stereocenters. The van der Waals surface area contributed by atoms with Crippen LogP contribution in [0.5, 0.6) is 0 Å². The summed E-state index contributed by atoms with van der Waals surface area (Å²) in [5, 5.41) is 3.02. The van der Waals surface area contributed by atoms with Gasteiger partial charge in [0.1, 0.15) is 11.9 Å². The number of aromatic nitrogens is 2. The van der Waals surface area contributed by atoms with Crippen LogP contribution in [-0.4, -0.2) is 23.6 Å². The highest BCUT2D eigenvalue weighted by molar-refractivity contribution is 5.35. The Bertz CT molecular complexity index is 315. The van der Waals surface area contributed by atoms with Crippen LogP contribution in [0.15, 0.2) is 6.07 Å². The molecule has 1 unspecified atom stereocenters. The molecule has 1 N–H and O–H groups in total. The SMILES string of the molecule is CCOC(CC)c1nc(C)cc(NC)n1. The molecule has 1 aromatic rings. The zero-order chi connectivity index (χ0) is 11.3. The molecule has 0 fully saturated rings. The zero-order valence-corrected chi connectivity index (χ0v) is 9.87. The average Bonchev–Trinajstić information content (AvgIpc) is 2.24. The van der Waals surface area contributed by atoms with Crippen molar-refractivity contribution in [3.05, 3.63) is 17.6 Å². The van der Waals surface area contributed by atoms with E-state index in [1.807, 2.05) is 27.0 Å². The van der Waals surface area contributed by atoms with Crippen molar-refractivity contribution >= 4 is 5.82 Å². The molecular weight excluding hydrogens is 190 g/mol. The van der Waals surface area contributed by atoms with E-state index in [2.05, 4.69) is 22.2 Å². The lowest BCUT2D eigenvalue weighted by Crippen LogP contribution is -2.10. The van der Waals surface area contributed by atoms with Crippen LogP contribution >= 0.6 is 0 Å². The van der Waals surface area contributed by atoms with E-state index in [4.69, 9.17) is 4.74 Å². The molecule has 15 heavy (non-hydrogen) atoms. The first kappa shape index (κ1) is 11.9. The van der Waals surface area contributed by atoms with Crippen LogP contribution in [0, 0.1) is 6.92 Å². The van der Waals surface area contributed by atoms with Crippen molar-refractivity contribution in [3.63, 3.8) is 0 Å². The summed E-state index contributed by atoms with van der Waals surface area (Å²) in [6.45, 7) is 6.71. The fraction of sp³-hybridized carbons (Fsp3) is 0.636. The molecule has 0 saturated carbocycles. The highest BCUT2D eigenvalue weighted by Gasteiger charge is 2.13. The molecule has 4 nitrogen and oxygen atoms in total. The third-order valence-corrected chi connectivity index (χ3v) is 2.15. The Labute approximate surface area is 91.1 Å². The average molecular weight is 209 g/mol. The molecule has 0 radical (unpaired) electrons. The van der Waals surface area contributed by atoms with Gasteiger partial charge in [0.05, 0.1) is 0 Å². The van der Waals surface area contributed by atoms with Crippen LogP contribution in [0.3, 0.4) is 0 Å². The minimum absolute atomic E-state index is 0.00185. The highest BCUT2D eigenvalue weighted by atomic mass is 16.5. The molecule has 1 aromatic heterocycles. The van der Waals surface area contributed by atoms with Crippen LogP contribution in [0.1, 0.15) is 37.9 Å². The Morgan fingerprint density at radius 2 is 2.13 bits per heavy atom. The minimum Gasteiger partial charge on any atom is -0.373 e. The van der Waals surface area contributed by atoms with E-state index in [0.717, 1.165) is 23.8 Å². The molecule has 4 heteroatoms. The zero-order valence-electron chi connectivity index (χ0n) is 9.87.